The summed E-state index contributed by atoms with van der Waals surface area (Å²) in [6.07, 6.45) is 2.13. The van der Waals surface area contributed by atoms with Gasteiger partial charge in [0.15, 0.2) is 0 Å². The fourth-order valence-corrected chi connectivity index (χ4v) is 4.63. The molecule has 1 atom stereocenters. The van der Waals surface area contributed by atoms with Crippen LogP contribution in [-0.4, -0.2) is 70.1 Å². The molecule has 0 aliphatic carbocycles. The van der Waals surface area contributed by atoms with Gasteiger partial charge in [-0.3, -0.25) is 4.79 Å². The molecule has 4 rings (SSSR count). The average Bonchev–Trinajstić information content (AvgIpc) is 3.50. The van der Waals surface area contributed by atoms with Gasteiger partial charge < -0.3 is 14.5 Å². The molecule has 0 spiro atoms. The zero-order valence-corrected chi connectivity index (χ0v) is 20.2. The summed E-state index contributed by atoms with van der Waals surface area (Å²) in [5.41, 5.74) is 4.21. The summed E-state index contributed by atoms with van der Waals surface area (Å²) in [6.45, 7) is 3.93. The van der Waals surface area contributed by atoms with Crippen LogP contribution >= 0.6 is 11.8 Å². The third-order valence-electron chi connectivity index (χ3n) is 5.74. The Labute approximate surface area is 198 Å². The van der Waals surface area contributed by atoms with Crippen LogP contribution in [0.1, 0.15) is 24.0 Å². The highest BCUT2D eigenvalue weighted by Crippen LogP contribution is 2.22. The molecule has 0 radical (unpaired) electrons. The highest BCUT2D eigenvalue weighted by Gasteiger charge is 2.24. The van der Waals surface area contributed by atoms with Gasteiger partial charge in [0.1, 0.15) is 0 Å². The van der Waals surface area contributed by atoms with Crippen molar-refractivity contribution in [2.45, 2.75) is 37.6 Å². The number of aryl methyl sites for hydroxylation is 1. The largest absolute Gasteiger partial charge is 0.378 e. The topological polar surface area (TPSA) is 76.4 Å². The van der Waals surface area contributed by atoms with E-state index in [0.717, 1.165) is 42.0 Å². The highest BCUT2D eigenvalue weighted by molar-refractivity contribution is 7.99. The van der Waals surface area contributed by atoms with Crippen LogP contribution in [0.3, 0.4) is 0 Å². The van der Waals surface area contributed by atoms with Crippen molar-refractivity contribution in [3.63, 3.8) is 0 Å². The Hall–Kier alpha value is -2.91. The number of rotatable bonds is 9. The van der Waals surface area contributed by atoms with Crippen LogP contribution in [0.25, 0.3) is 5.69 Å². The maximum absolute atomic E-state index is 13.3. The molecule has 1 aliphatic rings. The van der Waals surface area contributed by atoms with Crippen molar-refractivity contribution in [3.8, 4) is 5.69 Å². The number of aromatic nitrogens is 4. The summed E-state index contributed by atoms with van der Waals surface area (Å²) in [4.78, 5) is 17.2. The molecule has 8 nitrogen and oxygen atoms in total. The number of carbonyl (C=O) groups is 1. The van der Waals surface area contributed by atoms with Crippen molar-refractivity contribution >= 4 is 23.4 Å². The molecule has 1 unspecified atom stereocenters. The zero-order chi connectivity index (χ0) is 23.2. The Kier molecular flexibility index (Phi) is 7.61. The number of carbonyl (C=O) groups excluding carboxylic acids is 1. The molecular weight excluding hydrogens is 436 g/mol. The van der Waals surface area contributed by atoms with Crippen LogP contribution in [0.2, 0.25) is 0 Å². The summed E-state index contributed by atoms with van der Waals surface area (Å²) < 4.78 is 7.51. The van der Waals surface area contributed by atoms with E-state index in [1.54, 1.807) is 4.68 Å². The van der Waals surface area contributed by atoms with Crippen molar-refractivity contribution in [2.75, 3.05) is 37.9 Å². The Morgan fingerprint density at radius 1 is 1.18 bits per heavy atom. The van der Waals surface area contributed by atoms with E-state index < -0.39 is 0 Å². The maximum atomic E-state index is 13.3. The van der Waals surface area contributed by atoms with E-state index in [4.69, 9.17) is 4.74 Å². The molecule has 0 N–H and O–H groups in total. The molecular formula is C24H30N6O2S. The number of anilines is 1. The van der Waals surface area contributed by atoms with Crippen LogP contribution in [0.15, 0.2) is 53.7 Å². The maximum Gasteiger partial charge on any atom is 0.233 e. The Balaban J connectivity index is 1.45. The Morgan fingerprint density at radius 2 is 1.97 bits per heavy atom. The SMILES string of the molecule is Cc1ccccc1-n1nnnc1SCC(=O)N(Cc1ccc(N(C)C)cc1)CC1CCCO1. The van der Waals surface area contributed by atoms with Gasteiger partial charge in [-0.05, 0) is 59.5 Å². The monoisotopic (exact) mass is 466 g/mol. The van der Waals surface area contributed by atoms with Gasteiger partial charge in [0.2, 0.25) is 11.1 Å². The molecule has 0 saturated carbocycles. The first-order valence-corrected chi connectivity index (χ1v) is 12.1. The minimum absolute atomic E-state index is 0.0477. The lowest BCUT2D eigenvalue weighted by atomic mass is 10.1. The van der Waals surface area contributed by atoms with Crippen molar-refractivity contribution in [1.29, 1.82) is 0 Å². The lowest BCUT2D eigenvalue weighted by molar-refractivity contribution is -0.130. The summed E-state index contributed by atoms with van der Waals surface area (Å²) in [7, 11) is 4.04. The third-order valence-corrected chi connectivity index (χ3v) is 6.64. The van der Waals surface area contributed by atoms with Gasteiger partial charge in [-0.2, -0.15) is 4.68 Å². The number of benzene rings is 2. The van der Waals surface area contributed by atoms with Gasteiger partial charge in [0.25, 0.3) is 0 Å². The number of hydrogen-bond acceptors (Lipinski definition) is 7. The summed E-state index contributed by atoms with van der Waals surface area (Å²) in [5.74, 6) is 0.306. The minimum Gasteiger partial charge on any atom is -0.378 e. The second-order valence-electron chi connectivity index (χ2n) is 8.42. The summed E-state index contributed by atoms with van der Waals surface area (Å²) in [5, 5.41) is 12.7. The molecule has 0 bridgehead atoms. The lowest BCUT2D eigenvalue weighted by Crippen LogP contribution is -2.38. The first kappa shape index (κ1) is 23.3. The van der Waals surface area contributed by atoms with Gasteiger partial charge in [-0.25, -0.2) is 0 Å². The predicted octanol–water partition coefficient (Wildman–Crippen LogP) is 3.34. The minimum atomic E-state index is 0.0477. The number of nitrogens with zero attached hydrogens (tertiary/aromatic N) is 6. The van der Waals surface area contributed by atoms with E-state index in [1.165, 1.54) is 11.8 Å². The van der Waals surface area contributed by atoms with Crippen molar-refractivity contribution in [2.24, 2.45) is 0 Å². The Bertz CT molecular complexity index is 1060. The summed E-state index contributed by atoms with van der Waals surface area (Å²) >= 11 is 1.36. The molecule has 1 aromatic heterocycles. The highest BCUT2D eigenvalue weighted by atomic mass is 32.2. The third kappa shape index (κ3) is 5.91. The zero-order valence-electron chi connectivity index (χ0n) is 19.3. The van der Waals surface area contributed by atoms with E-state index >= 15 is 0 Å². The van der Waals surface area contributed by atoms with Crippen molar-refractivity contribution in [1.82, 2.24) is 25.1 Å². The van der Waals surface area contributed by atoms with E-state index in [1.807, 2.05) is 50.2 Å². The molecule has 1 aliphatic heterocycles. The van der Waals surface area contributed by atoms with E-state index in [2.05, 4.69) is 44.7 Å². The number of amides is 1. The quantitative estimate of drug-likeness (QED) is 0.448. The normalized spacial score (nSPS) is 15.5. The molecule has 2 heterocycles. The fourth-order valence-electron chi connectivity index (χ4n) is 3.85. The van der Waals surface area contributed by atoms with Gasteiger partial charge in [-0.1, -0.05) is 42.1 Å². The van der Waals surface area contributed by atoms with Crippen molar-refractivity contribution in [3.05, 3.63) is 59.7 Å². The van der Waals surface area contributed by atoms with Crippen LogP contribution in [-0.2, 0) is 16.1 Å². The Morgan fingerprint density at radius 3 is 2.67 bits per heavy atom. The summed E-state index contributed by atoms with van der Waals surface area (Å²) in [6, 6.07) is 16.2. The van der Waals surface area contributed by atoms with Crippen LogP contribution in [0, 0.1) is 6.92 Å². The molecule has 9 heteroatoms. The van der Waals surface area contributed by atoms with Crippen molar-refractivity contribution < 1.29 is 9.53 Å². The number of para-hydroxylation sites is 1. The van der Waals surface area contributed by atoms with Gasteiger partial charge in [0, 0.05) is 39.5 Å². The number of ether oxygens (including phenoxy) is 1. The van der Waals surface area contributed by atoms with E-state index in [0.29, 0.717) is 18.2 Å². The van der Waals surface area contributed by atoms with Gasteiger partial charge in [-0.15, -0.1) is 5.10 Å². The molecule has 1 fully saturated rings. The fraction of sp³-hybridized carbons (Fsp3) is 0.417. The lowest BCUT2D eigenvalue weighted by Gasteiger charge is -2.26. The number of hydrogen-bond donors (Lipinski definition) is 0. The number of thioether (sulfide) groups is 1. The smallest absolute Gasteiger partial charge is 0.233 e. The van der Waals surface area contributed by atoms with E-state index in [9.17, 15) is 4.79 Å². The standard InChI is InChI=1S/C24H30N6O2S/c1-18-7-4-5-9-22(18)30-24(25-26-27-30)33-17-23(31)29(16-21-8-6-14-32-21)15-19-10-12-20(13-11-19)28(2)3/h4-5,7,9-13,21H,6,8,14-17H2,1-3H3. The van der Waals surface area contributed by atoms with Crippen LogP contribution in [0.5, 0.6) is 0 Å². The molecule has 1 saturated heterocycles. The second-order valence-corrected chi connectivity index (χ2v) is 9.36. The van der Waals surface area contributed by atoms with Gasteiger partial charge in [0.05, 0.1) is 17.5 Å². The van der Waals surface area contributed by atoms with Crippen LogP contribution in [0.4, 0.5) is 5.69 Å². The molecule has 174 valence electrons. The molecule has 2 aromatic carbocycles. The van der Waals surface area contributed by atoms with Gasteiger partial charge >= 0.3 is 0 Å². The molecule has 1 amide bonds. The second kappa shape index (κ2) is 10.8. The number of tetrazole rings is 1. The first-order valence-electron chi connectivity index (χ1n) is 11.1. The first-order chi connectivity index (χ1) is 16.0. The predicted molar refractivity (Wildman–Crippen MR) is 130 cm³/mol. The average molecular weight is 467 g/mol. The van der Waals surface area contributed by atoms with E-state index in [-0.39, 0.29) is 17.8 Å². The molecule has 3 aromatic rings. The van der Waals surface area contributed by atoms with Crippen LogP contribution < -0.4 is 4.90 Å². The molecule has 33 heavy (non-hydrogen) atoms.